The number of rotatable bonds is 3. The molecule has 1 aliphatic heterocycles. The normalized spacial score (nSPS) is 17.2. The number of aromatic amines is 1. The van der Waals surface area contributed by atoms with Crippen molar-refractivity contribution in [1.29, 1.82) is 0 Å². The van der Waals surface area contributed by atoms with E-state index in [1.165, 1.54) is 0 Å². The number of nitrogens with zero attached hydrogens (tertiary/aromatic N) is 6. The van der Waals surface area contributed by atoms with Crippen molar-refractivity contribution in [1.82, 2.24) is 29.9 Å². The molecule has 1 atom stereocenters. The van der Waals surface area contributed by atoms with Gasteiger partial charge in [0.05, 0.1) is 36.2 Å². The van der Waals surface area contributed by atoms with Crippen molar-refractivity contribution in [3.05, 3.63) is 42.2 Å². The summed E-state index contributed by atoms with van der Waals surface area (Å²) in [5, 5.41) is 11.9. The summed E-state index contributed by atoms with van der Waals surface area (Å²) in [4.78, 5) is 12.0. The van der Waals surface area contributed by atoms with Crippen molar-refractivity contribution < 1.29 is 4.74 Å². The highest BCUT2D eigenvalue weighted by Gasteiger charge is 2.25. The van der Waals surface area contributed by atoms with Crippen molar-refractivity contribution in [2.24, 2.45) is 7.05 Å². The fourth-order valence-corrected chi connectivity index (χ4v) is 4.00. The van der Waals surface area contributed by atoms with Gasteiger partial charge in [0.1, 0.15) is 17.0 Å². The molecule has 1 fully saturated rings. The smallest absolute Gasteiger partial charge is 0.136 e. The monoisotopic (exact) mass is 389 g/mol. The Labute approximate surface area is 168 Å². The Bertz CT molecular complexity index is 1170. The van der Waals surface area contributed by atoms with Gasteiger partial charge in [0.25, 0.3) is 0 Å². The van der Waals surface area contributed by atoms with Crippen LogP contribution in [0.3, 0.4) is 0 Å². The molecule has 0 spiro atoms. The van der Waals surface area contributed by atoms with Gasteiger partial charge >= 0.3 is 0 Å². The van der Waals surface area contributed by atoms with Crippen LogP contribution < -0.4 is 4.90 Å². The fourth-order valence-electron chi connectivity index (χ4n) is 4.00. The molecular formula is C21H23N7O. The lowest BCUT2D eigenvalue weighted by atomic mass is 10.0. The van der Waals surface area contributed by atoms with E-state index in [9.17, 15) is 0 Å². The van der Waals surface area contributed by atoms with Gasteiger partial charge in [-0.15, -0.1) is 0 Å². The van der Waals surface area contributed by atoms with E-state index >= 15 is 0 Å². The van der Waals surface area contributed by atoms with E-state index in [1.807, 2.05) is 30.1 Å². The Kier molecular flexibility index (Phi) is 4.28. The molecule has 0 amide bonds. The van der Waals surface area contributed by atoms with Crippen LogP contribution in [0, 0.1) is 6.92 Å². The Morgan fingerprint density at radius 1 is 1.21 bits per heavy atom. The molecule has 148 valence electrons. The SMILES string of the molecule is Cc1cccnc1-c1cc(N2CCOC[C@H]2C)nc2c(-c3ccn[nH]3)nn(C)c12. The Balaban J connectivity index is 1.81. The molecule has 1 N–H and O–H groups in total. The van der Waals surface area contributed by atoms with Crippen LogP contribution in [0.5, 0.6) is 0 Å². The van der Waals surface area contributed by atoms with E-state index in [4.69, 9.17) is 14.8 Å². The van der Waals surface area contributed by atoms with E-state index in [1.54, 1.807) is 6.20 Å². The minimum Gasteiger partial charge on any atom is -0.377 e. The zero-order chi connectivity index (χ0) is 20.0. The first kappa shape index (κ1) is 17.8. The topological polar surface area (TPSA) is 84.8 Å². The van der Waals surface area contributed by atoms with E-state index in [2.05, 4.69) is 46.1 Å². The molecule has 1 aliphatic rings. The van der Waals surface area contributed by atoms with Crippen molar-refractivity contribution in [3.63, 3.8) is 0 Å². The number of aryl methyl sites for hydroxylation is 2. The third-order valence-electron chi connectivity index (χ3n) is 5.46. The highest BCUT2D eigenvalue weighted by molar-refractivity contribution is 5.99. The summed E-state index contributed by atoms with van der Waals surface area (Å²) in [6, 6.07) is 8.34. The number of aromatic nitrogens is 6. The molecule has 0 saturated carbocycles. The quantitative estimate of drug-likeness (QED) is 0.580. The third-order valence-corrected chi connectivity index (χ3v) is 5.46. The Morgan fingerprint density at radius 3 is 2.86 bits per heavy atom. The largest absolute Gasteiger partial charge is 0.377 e. The maximum atomic E-state index is 5.63. The summed E-state index contributed by atoms with van der Waals surface area (Å²) in [6.07, 6.45) is 3.56. The van der Waals surface area contributed by atoms with Gasteiger partial charge in [-0.3, -0.25) is 14.8 Å². The number of morpholine rings is 1. The number of anilines is 1. The van der Waals surface area contributed by atoms with Gasteiger partial charge in [-0.25, -0.2) is 4.98 Å². The average Bonchev–Trinajstić information content (AvgIpc) is 3.36. The van der Waals surface area contributed by atoms with Crippen molar-refractivity contribution in [2.45, 2.75) is 19.9 Å². The molecule has 29 heavy (non-hydrogen) atoms. The van der Waals surface area contributed by atoms with Crippen LogP contribution in [-0.4, -0.2) is 55.7 Å². The zero-order valence-electron chi connectivity index (χ0n) is 16.8. The van der Waals surface area contributed by atoms with Gasteiger partial charge in [0.15, 0.2) is 0 Å². The lowest BCUT2D eigenvalue weighted by Gasteiger charge is -2.34. The molecule has 1 saturated heterocycles. The van der Waals surface area contributed by atoms with E-state index < -0.39 is 0 Å². The Morgan fingerprint density at radius 2 is 2.10 bits per heavy atom. The first-order valence-corrected chi connectivity index (χ1v) is 9.77. The number of H-pyrrole nitrogens is 1. The van der Waals surface area contributed by atoms with Gasteiger partial charge < -0.3 is 9.64 Å². The van der Waals surface area contributed by atoms with Crippen LogP contribution in [0.15, 0.2) is 36.7 Å². The molecule has 4 aromatic heterocycles. The van der Waals surface area contributed by atoms with Gasteiger partial charge in [-0.2, -0.15) is 10.2 Å². The summed E-state index contributed by atoms with van der Waals surface area (Å²) in [5.41, 5.74) is 6.53. The van der Waals surface area contributed by atoms with Crippen molar-refractivity contribution >= 4 is 16.9 Å². The molecule has 8 heteroatoms. The summed E-state index contributed by atoms with van der Waals surface area (Å²) < 4.78 is 7.51. The summed E-state index contributed by atoms with van der Waals surface area (Å²) in [5.74, 6) is 0.919. The van der Waals surface area contributed by atoms with E-state index in [0.717, 1.165) is 51.6 Å². The fraction of sp³-hybridized carbons (Fsp3) is 0.333. The molecular weight excluding hydrogens is 366 g/mol. The highest BCUT2D eigenvalue weighted by atomic mass is 16.5. The van der Waals surface area contributed by atoms with E-state index in [0.29, 0.717) is 13.2 Å². The molecule has 0 aliphatic carbocycles. The van der Waals surface area contributed by atoms with Crippen LogP contribution in [-0.2, 0) is 11.8 Å². The standard InChI is InChI=1S/C21H23N7O/c1-13-5-4-7-22-18(13)15-11-17(28-9-10-29-12-14(28)2)24-20-19(16-6-8-23-25-16)26-27(3)21(15)20/h4-8,11,14H,9-10,12H2,1-3H3,(H,23,25)/t14-/m1/s1. The van der Waals surface area contributed by atoms with Crippen molar-refractivity contribution in [2.75, 3.05) is 24.7 Å². The average molecular weight is 389 g/mol. The zero-order valence-corrected chi connectivity index (χ0v) is 16.8. The Hall–Kier alpha value is -3.26. The number of fused-ring (bicyclic) bond motifs is 1. The van der Waals surface area contributed by atoms with Crippen LogP contribution in [0.25, 0.3) is 33.7 Å². The predicted octanol–water partition coefficient (Wildman–Crippen LogP) is 2.95. The second-order valence-corrected chi connectivity index (χ2v) is 7.45. The third kappa shape index (κ3) is 2.96. The van der Waals surface area contributed by atoms with Crippen LogP contribution in [0.4, 0.5) is 5.82 Å². The molecule has 0 bridgehead atoms. The maximum absolute atomic E-state index is 5.63. The molecule has 4 aromatic rings. The second kappa shape index (κ2) is 6.97. The molecule has 0 radical (unpaired) electrons. The molecule has 0 unspecified atom stereocenters. The summed E-state index contributed by atoms with van der Waals surface area (Å²) >= 11 is 0. The highest BCUT2D eigenvalue weighted by Crippen LogP contribution is 2.36. The minimum absolute atomic E-state index is 0.249. The molecule has 5 rings (SSSR count). The first-order valence-electron chi connectivity index (χ1n) is 9.77. The predicted molar refractivity (Wildman–Crippen MR) is 112 cm³/mol. The lowest BCUT2D eigenvalue weighted by Crippen LogP contribution is -2.44. The maximum Gasteiger partial charge on any atom is 0.136 e. The lowest BCUT2D eigenvalue weighted by molar-refractivity contribution is 0.0986. The van der Waals surface area contributed by atoms with Gasteiger partial charge in [-0.1, -0.05) is 6.07 Å². The van der Waals surface area contributed by atoms with Gasteiger partial charge in [0.2, 0.25) is 0 Å². The summed E-state index contributed by atoms with van der Waals surface area (Å²) in [6.45, 7) is 6.44. The van der Waals surface area contributed by atoms with Gasteiger partial charge in [-0.05, 0) is 37.6 Å². The molecule has 0 aromatic carbocycles. The number of nitrogens with one attached hydrogen (secondary N) is 1. The van der Waals surface area contributed by atoms with E-state index in [-0.39, 0.29) is 6.04 Å². The van der Waals surface area contributed by atoms with Crippen molar-refractivity contribution in [3.8, 4) is 22.6 Å². The van der Waals surface area contributed by atoms with Crippen LogP contribution >= 0.6 is 0 Å². The van der Waals surface area contributed by atoms with Crippen LogP contribution in [0.2, 0.25) is 0 Å². The first-order chi connectivity index (χ1) is 14.1. The number of hydrogen-bond acceptors (Lipinski definition) is 6. The minimum atomic E-state index is 0.249. The van der Waals surface area contributed by atoms with Gasteiger partial charge in [0, 0.05) is 31.5 Å². The summed E-state index contributed by atoms with van der Waals surface area (Å²) in [7, 11) is 1.95. The second-order valence-electron chi connectivity index (χ2n) is 7.45. The number of ether oxygens (including phenoxy) is 1. The molecule has 8 nitrogen and oxygen atoms in total. The van der Waals surface area contributed by atoms with Crippen LogP contribution in [0.1, 0.15) is 12.5 Å². The molecule has 5 heterocycles. The number of hydrogen-bond donors (Lipinski definition) is 1. The number of pyridine rings is 2.